The number of carbonyl (C=O) groups is 2. The quantitative estimate of drug-likeness (QED) is 0.356. The van der Waals surface area contributed by atoms with Crippen molar-refractivity contribution in [1.29, 1.82) is 0 Å². The second-order valence-corrected chi connectivity index (χ2v) is 4.96. The first-order valence-electron chi connectivity index (χ1n) is 6.50. The molecule has 22 heavy (non-hydrogen) atoms. The molecule has 0 saturated heterocycles. The minimum atomic E-state index is -0.769. The highest BCUT2D eigenvalue weighted by Crippen LogP contribution is 2.38. The van der Waals surface area contributed by atoms with Crippen LogP contribution in [0.1, 0.15) is 20.7 Å². The lowest BCUT2D eigenvalue weighted by molar-refractivity contribution is 0.0444. The van der Waals surface area contributed by atoms with E-state index in [2.05, 4.69) is 14.7 Å². The number of fused-ring (bicyclic) bond motifs is 2. The lowest BCUT2D eigenvalue weighted by atomic mass is 10.00. The number of aromatic amines is 1. The summed E-state index contributed by atoms with van der Waals surface area (Å²) in [7, 11) is 0. The van der Waals surface area contributed by atoms with Gasteiger partial charge in [-0.15, -0.1) is 0 Å². The lowest BCUT2D eigenvalue weighted by Crippen LogP contribution is -2.05. The van der Waals surface area contributed by atoms with Crippen molar-refractivity contribution in [2.24, 2.45) is 0 Å². The third-order valence-corrected chi connectivity index (χ3v) is 3.63. The Kier molecular flexibility index (Phi) is 2.30. The van der Waals surface area contributed by atoms with Crippen molar-refractivity contribution < 1.29 is 14.3 Å². The zero-order chi connectivity index (χ0) is 15.4. The van der Waals surface area contributed by atoms with Gasteiger partial charge in [-0.25, -0.2) is 14.6 Å². The molecule has 1 aliphatic heterocycles. The van der Waals surface area contributed by atoms with E-state index in [1.165, 1.54) is 6.07 Å². The summed E-state index contributed by atoms with van der Waals surface area (Å²) < 4.78 is 4.57. The van der Waals surface area contributed by atoms with Gasteiger partial charge in [0.15, 0.2) is 0 Å². The highest BCUT2D eigenvalue weighted by atomic mass is 16.6. The molecule has 7 heteroatoms. The van der Waals surface area contributed by atoms with Crippen molar-refractivity contribution in [2.75, 3.05) is 11.5 Å². The van der Waals surface area contributed by atoms with Crippen molar-refractivity contribution in [1.82, 2.24) is 9.97 Å². The van der Waals surface area contributed by atoms with Gasteiger partial charge in [-0.1, -0.05) is 12.1 Å². The molecular formula is C15H10N4O3. The van der Waals surface area contributed by atoms with E-state index in [0.29, 0.717) is 11.4 Å². The number of aromatic nitrogens is 2. The number of nitrogens with one attached hydrogen (secondary N) is 1. The fourth-order valence-corrected chi connectivity index (χ4v) is 2.63. The van der Waals surface area contributed by atoms with Crippen molar-refractivity contribution in [3.8, 4) is 11.4 Å². The highest BCUT2D eigenvalue weighted by Gasteiger charge is 2.34. The van der Waals surface area contributed by atoms with Crippen LogP contribution >= 0.6 is 0 Å². The van der Waals surface area contributed by atoms with Gasteiger partial charge in [0, 0.05) is 5.69 Å². The maximum absolute atomic E-state index is 11.8. The summed E-state index contributed by atoms with van der Waals surface area (Å²) in [5.74, 6) is -1.07. The monoisotopic (exact) mass is 294 g/mol. The normalized spacial score (nSPS) is 13.5. The van der Waals surface area contributed by atoms with Crippen LogP contribution in [0.4, 0.5) is 11.4 Å². The zero-order valence-electron chi connectivity index (χ0n) is 11.2. The van der Waals surface area contributed by atoms with Crippen LogP contribution in [0.3, 0.4) is 0 Å². The second kappa shape index (κ2) is 4.08. The maximum atomic E-state index is 11.8. The van der Waals surface area contributed by atoms with Crippen molar-refractivity contribution in [2.45, 2.75) is 0 Å². The van der Waals surface area contributed by atoms with Crippen LogP contribution < -0.4 is 11.5 Å². The summed E-state index contributed by atoms with van der Waals surface area (Å²) >= 11 is 0. The van der Waals surface area contributed by atoms with Crippen LogP contribution in [-0.4, -0.2) is 21.9 Å². The van der Waals surface area contributed by atoms with Gasteiger partial charge in [0.05, 0.1) is 33.4 Å². The summed E-state index contributed by atoms with van der Waals surface area (Å²) in [6.45, 7) is 0. The fraction of sp³-hybridized carbons (Fsp3) is 0. The molecule has 0 radical (unpaired) electrons. The van der Waals surface area contributed by atoms with Crippen LogP contribution in [-0.2, 0) is 4.74 Å². The van der Waals surface area contributed by atoms with Gasteiger partial charge in [0.25, 0.3) is 0 Å². The number of nitrogens with zero attached hydrogens (tertiary/aromatic N) is 1. The highest BCUT2D eigenvalue weighted by molar-refractivity contribution is 6.20. The van der Waals surface area contributed by atoms with E-state index in [-0.39, 0.29) is 22.5 Å². The number of H-pyrrole nitrogens is 1. The Morgan fingerprint density at radius 3 is 2.59 bits per heavy atom. The molecule has 2 heterocycles. The molecule has 0 aliphatic carbocycles. The van der Waals surface area contributed by atoms with Gasteiger partial charge in [-0.3, -0.25) is 0 Å². The number of rotatable bonds is 1. The number of anilines is 2. The van der Waals surface area contributed by atoms with E-state index in [4.69, 9.17) is 11.5 Å². The van der Waals surface area contributed by atoms with E-state index >= 15 is 0 Å². The van der Waals surface area contributed by atoms with E-state index < -0.39 is 11.9 Å². The molecule has 0 saturated carbocycles. The number of benzene rings is 2. The van der Waals surface area contributed by atoms with Crippen LogP contribution in [0.2, 0.25) is 0 Å². The Bertz CT molecular complexity index is 941. The smallest absolute Gasteiger partial charge is 0.349 e. The standard InChI is InChI=1S/C15H10N4O3/c16-7-5-6-10(15(21)22-14(6)20)12(17)11(7)13-18-8-3-1-2-4-9(8)19-13/h1-5H,16-17H2,(H,18,19). The average Bonchev–Trinajstić information content (AvgIpc) is 3.00. The summed E-state index contributed by atoms with van der Waals surface area (Å²) in [5, 5.41) is 0. The minimum absolute atomic E-state index is 0.0367. The molecule has 7 nitrogen and oxygen atoms in total. The van der Waals surface area contributed by atoms with Crippen LogP contribution in [0.5, 0.6) is 0 Å². The predicted molar refractivity (Wildman–Crippen MR) is 80.1 cm³/mol. The number of imidazole rings is 1. The molecule has 0 spiro atoms. The molecule has 2 aromatic carbocycles. The van der Waals surface area contributed by atoms with Crippen LogP contribution in [0, 0.1) is 0 Å². The molecule has 1 aliphatic rings. The molecule has 0 fully saturated rings. The Morgan fingerprint density at radius 1 is 1.05 bits per heavy atom. The Balaban J connectivity index is 2.02. The SMILES string of the molecule is Nc1cc2c(c(N)c1-c1nc3ccccc3[nH]1)C(=O)OC2=O. The van der Waals surface area contributed by atoms with Crippen LogP contribution in [0.25, 0.3) is 22.4 Å². The fourth-order valence-electron chi connectivity index (χ4n) is 2.63. The first-order chi connectivity index (χ1) is 10.6. The number of hydrogen-bond donors (Lipinski definition) is 3. The average molecular weight is 294 g/mol. The molecule has 0 atom stereocenters. The first kappa shape index (κ1) is 12.4. The summed E-state index contributed by atoms with van der Waals surface area (Å²) in [6, 6.07) is 8.83. The van der Waals surface area contributed by atoms with E-state index in [0.717, 1.165) is 11.0 Å². The van der Waals surface area contributed by atoms with E-state index in [1.807, 2.05) is 24.3 Å². The number of hydrogen-bond acceptors (Lipinski definition) is 6. The largest absolute Gasteiger partial charge is 0.398 e. The Hall–Kier alpha value is -3.35. The van der Waals surface area contributed by atoms with E-state index in [1.54, 1.807) is 0 Å². The molecule has 0 amide bonds. The van der Waals surface area contributed by atoms with Crippen molar-refractivity contribution in [3.05, 3.63) is 41.5 Å². The molecule has 4 rings (SSSR count). The van der Waals surface area contributed by atoms with Gasteiger partial charge >= 0.3 is 11.9 Å². The molecule has 0 bridgehead atoms. The van der Waals surface area contributed by atoms with Gasteiger partial charge in [0.2, 0.25) is 0 Å². The van der Waals surface area contributed by atoms with Gasteiger partial charge in [-0.2, -0.15) is 0 Å². The second-order valence-electron chi connectivity index (χ2n) is 4.96. The molecule has 0 unspecified atom stereocenters. The topological polar surface area (TPSA) is 124 Å². The van der Waals surface area contributed by atoms with Gasteiger partial charge in [0.1, 0.15) is 5.82 Å². The minimum Gasteiger partial charge on any atom is -0.398 e. The van der Waals surface area contributed by atoms with Crippen molar-refractivity contribution in [3.63, 3.8) is 0 Å². The number of nitrogen functional groups attached to an aromatic ring is 2. The summed E-state index contributed by atoms with van der Waals surface area (Å²) in [4.78, 5) is 30.9. The molecule has 5 N–H and O–H groups in total. The van der Waals surface area contributed by atoms with Gasteiger partial charge < -0.3 is 21.2 Å². The number of para-hydroxylation sites is 2. The van der Waals surface area contributed by atoms with E-state index in [9.17, 15) is 9.59 Å². The molecular weight excluding hydrogens is 284 g/mol. The Labute approximate surface area is 123 Å². The molecule has 1 aromatic heterocycles. The first-order valence-corrected chi connectivity index (χ1v) is 6.50. The van der Waals surface area contributed by atoms with Crippen molar-refractivity contribution >= 4 is 34.3 Å². The van der Waals surface area contributed by atoms with Crippen LogP contribution in [0.15, 0.2) is 30.3 Å². The number of esters is 2. The third kappa shape index (κ3) is 1.53. The summed E-state index contributed by atoms with van der Waals surface area (Å²) in [6.07, 6.45) is 0. The summed E-state index contributed by atoms with van der Waals surface area (Å²) in [5.41, 5.74) is 14.5. The lowest BCUT2D eigenvalue weighted by Gasteiger charge is -2.09. The number of carbonyl (C=O) groups excluding carboxylic acids is 2. The molecule has 108 valence electrons. The number of nitrogens with two attached hydrogens (primary N) is 2. The number of ether oxygens (including phenoxy) is 1. The Morgan fingerprint density at radius 2 is 1.82 bits per heavy atom. The predicted octanol–water partition coefficient (Wildman–Crippen LogP) is 1.70. The van der Waals surface area contributed by atoms with Gasteiger partial charge in [-0.05, 0) is 18.2 Å². The third-order valence-electron chi connectivity index (χ3n) is 3.63. The molecule has 3 aromatic rings. The number of cyclic esters (lactones) is 2. The maximum Gasteiger partial charge on any atom is 0.349 e. The zero-order valence-corrected chi connectivity index (χ0v) is 11.2.